The molecular formula is C15H12FN3O. The van der Waals surface area contributed by atoms with E-state index in [0.717, 1.165) is 12.8 Å². The highest BCUT2D eigenvalue weighted by molar-refractivity contribution is 5.96. The lowest BCUT2D eigenvalue weighted by Gasteiger charge is -2.10. The first kappa shape index (κ1) is 12.4. The molecular weight excluding hydrogens is 257 g/mol. The number of carbonyl (C=O) groups excluding carboxylic acids is 1. The Bertz CT molecular complexity index is 710. The molecule has 1 aromatic carbocycles. The van der Waals surface area contributed by atoms with Gasteiger partial charge in [0.25, 0.3) is 5.91 Å². The summed E-state index contributed by atoms with van der Waals surface area (Å²) < 4.78 is 15.3. The topological polar surface area (TPSA) is 57.8 Å². The van der Waals surface area contributed by atoms with Crippen LogP contribution in [0.2, 0.25) is 0 Å². The molecule has 0 radical (unpaired) electrons. The van der Waals surface area contributed by atoms with Crippen LogP contribution >= 0.6 is 0 Å². The van der Waals surface area contributed by atoms with Gasteiger partial charge in [0.05, 0.1) is 11.3 Å². The fraction of sp³-hybridized carbons (Fsp3) is 0.200. The molecule has 1 heterocycles. The number of carbonyl (C=O) groups is 1. The number of rotatable bonds is 3. The number of nitrogens with one attached hydrogen (secondary N) is 1. The number of hydrogen-bond donors (Lipinski definition) is 1. The molecule has 1 amide bonds. The first-order valence-corrected chi connectivity index (χ1v) is 6.38. The molecule has 1 aliphatic carbocycles. The van der Waals surface area contributed by atoms with E-state index in [1.54, 1.807) is 24.4 Å². The van der Waals surface area contributed by atoms with Crippen LogP contribution in [0.3, 0.4) is 0 Å². The fourth-order valence-corrected chi connectivity index (χ4v) is 2.08. The second kappa shape index (κ2) is 4.82. The predicted molar refractivity (Wildman–Crippen MR) is 70.9 cm³/mol. The maximum atomic E-state index is 13.9. The minimum atomic E-state index is -0.437. The van der Waals surface area contributed by atoms with Crippen LogP contribution in [0.25, 0.3) is 5.69 Å². The van der Waals surface area contributed by atoms with Crippen molar-refractivity contribution in [2.24, 2.45) is 0 Å². The molecule has 1 N–H and O–H groups in total. The zero-order valence-corrected chi connectivity index (χ0v) is 10.6. The maximum absolute atomic E-state index is 13.9. The Labute approximate surface area is 115 Å². The van der Waals surface area contributed by atoms with Crippen molar-refractivity contribution in [1.82, 2.24) is 9.88 Å². The second-order valence-corrected chi connectivity index (χ2v) is 4.76. The summed E-state index contributed by atoms with van der Waals surface area (Å²) >= 11 is 0. The van der Waals surface area contributed by atoms with E-state index >= 15 is 0 Å². The third-order valence-electron chi connectivity index (χ3n) is 3.25. The molecule has 0 aliphatic heterocycles. The Morgan fingerprint density at radius 3 is 2.75 bits per heavy atom. The number of aromatic nitrogens is 1. The standard InChI is InChI=1S/C15H12FN3O/c16-12-3-1-2-4-13(12)19-8-7-10(9-17)14(19)15(20)18-11-5-6-11/h1-4,7-8,11H,5-6H2,(H,18,20). The lowest BCUT2D eigenvalue weighted by Crippen LogP contribution is -2.28. The van der Waals surface area contributed by atoms with Gasteiger partial charge in [0.15, 0.2) is 0 Å². The van der Waals surface area contributed by atoms with Crippen LogP contribution in [-0.2, 0) is 0 Å². The molecule has 5 heteroatoms. The summed E-state index contributed by atoms with van der Waals surface area (Å²) in [4.78, 5) is 12.2. The van der Waals surface area contributed by atoms with E-state index in [-0.39, 0.29) is 28.9 Å². The summed E-state index contributed by atoms with van der Waals surface area (Å²) in [5, 5.41) is 11.9. The molecule has 4 nitrogen and oxygen atoms in total. The molecule has 0 spiro atoms. The van der Waals surface area contributed by atoms with E-state index in [0.29, 0.717) is 0 Å². The van der Waals surface area contributed by atoms with Crippen LogP contribution in [0.4, 0.5) is 4.39 Å². The summed E-state index contributed by atoms with van der Waals surface area (Å²) in [6.07, 6.45) is 3.45. The van der Waals surface area contributed by atoms with Gasteiger partial charge < -0.3 is 9.88 Å². The minimum Gasteiger partial charge on any atom is -0.348 e. The third kappa shape index (κ3) is 2.16. The van der Waals surface area contributed by atoms with Crippen molar-refractivity contribution in [3.05, 3.63) is 53.6 Å². The molecule has 1 aliphatic rings. The molecule has 0 bridgehead atoms. The van der Waals surface area contributed by atoms with Crippen molar-refractivity contribution in [3.63, 3.8) is 0 Å². The smallest absolute Gasteiger partial charge is 0.269 e. The van der Waals surface area contributed by atoms with Gasteiger partial charge in [-0.15, -0.1) is 0 Å². The quantitative estimate of drug-likeness (QED) is 0.930. The molecule has 100 valence electrons. The first-order valence-electron chi connectivity index (χ1n) is 6.38. The number of halogens is 1. The van der Waals surface area contributed by atoms with E-state index in [2.05, 4.69) is 5.32 Å². The van der Waals surface area contributed by atoms with E-state index in [4.69, 9.17) is 5.26 Å². The van der Waals surface area contributed by atoms with Gasteiger partial charge in [-0.1, -0.05) is 12.1 Å². The predicted octanol–water partition coefficient (Wildman–Crippen LogP) is 2.38. The van der Waals surface area contributed by atoms with E-state index in [1.165, 1.54) is 16.7 Å². The van der Waals surface area contributed by atoms with E-state index in [9.17, 15) is 9.18 Å². The fourth-order valence-electron chi connectivity index (χ4n) is 2.08. The summed E-state index contributed by atoms with van der Waals surface area (Å²) in [5.41, 5.74) is 0.686. The van der Waals surface area contributed by atoms with Crippen LogP contribution in [0.5, 0.6) is 0 Å². The number of nitrogens with zero attached hydrogens (tertiary/aromatic N) is 2. The zero-order valence-electron chi connectivity index (χ0n) is 10.6. The van der Waals surface area contributed by atoms with Gasteiger partial charge in [0.2, 0.25) is 0 Å². The Morgan fingerprint density at radius 2 is 2.10 bits per heavy atom. The summed E-state index contributed by atoms with van der Waals surface area (Å²) in [7, 11) is 0. The summed E-state index contributed by atoms with van der Waals surface area (Å²) in [6.45, 7) is 0. The highest BCUT2D eigenvalue weighted by atomic mass is 19.1. The normalized spacial score (nSPS) is 13.8. The Hall–Kier alpha value is -2.61. The van der Waals surface area contributed by atoms with Crippen LogP contribution in [0.1, 0.15) is 28.9 Å². The minimum absolute atomic E-state index is 0.179. The van der Waals surface area contributed by atoms with Crippen molar-refractivity contribution >= 4 is 5.91 Å². The average molecular weight is 269 g/mol. The van der Waals surface area contributed by atoms with Gasteiger partial charge in [-0.3, -0.25) is 4.79 Å². The monoisotopic (exact) mass is 269 g/mol. The van der Waals surface area contributed by atoms with Crippen LogP contribution in [-0.4, -0.2) is 16.5 Å². The second-order valence-electron chi connectivity index (χ2n) is 4.76. The van der Waals surface area contributed by atoms with Crippen molar-refractivity contribution in [1.29, 1.82) is 5.26 Å². The highest BCUT2D eigenvalue weighted by Gasteiger charge is 2.27. The molecule has 0 saturated heterocycles. The van der Waals surface area contributed by atoms with Gasteiger partial charge in [-0.25, -0.2) is 4.39 Å². The van der Waals surface area contributed by atoms with Crippen molar-refractivity contribution in [2.75, 3.05) is 0 Å². The Balaban J connectivity index is 2.07. The lowest BCUT2D eigenvalue weighted by atomic mass is 10.2. The number of hydrogen-bond acceptors (Lipinski definition) is 2. The maximum Gasteiger partial charge on any atom is 0.269 e. The van der Waals surface area contributed by atoms with Crippen molar-refractivity contribution in [3.8, 4) is 11.8 Å². The van der Waals surface area contributed by atoms with Crippen LogP contribution < -0.4 is 5.32 Å². The number of nitriles is 1. The highest BCUT2D eigenvalue weighted by Crippen LogP contribution is 2.23. The molecule has 1 aromatic heterocycles. The molecule has 3 rings (SSSR count). The summed E-state index contributed by atoms with van der Waals surface area (Å²) in [6, 6.07) is 9.84. The van der Waals surface area contributed by atoms with E-state index < -0.39 is 5.82 Å². The number of amides is 1. The average Bonchev–Trinajstić information content (AvgIpc) is 3.15. The van der Waals surface area contributed by atoms with Gasteiger partial charge in [0.1, 0.15) is 17.6 Å². The summed E-state index contributed by atoms with van der Waals surface area (Å²) in [5.74, 6) is -0.773. The first-order chi connectivity index (χ1) is 9.70. The molecule has 20 heavy (non-hydrogen) atoms. The van der Waals surface area contributed by atoms with Crippen LogP contribution in [0.15, 0.2) is 36.5 Å². The number of para-hydroxylation sites is 1. The van der Waals surface area contributed by atoms with Gasteiger partial charge in [0, 0.05) is 12.2 Å². The Morgan fingerprint density at radius 1 is 1.35 bits per heavy atom. The van der Waals surface area contributed by atoms with Gasteiger partial charge in [-0.2, -0.15) is 5.26 Å². The molecule has 1 fully saturated rings. The lowest BCUT2D eigenvalue weighted by molar-refractivity contribution is 0.0944. The van der Waals surface area contributed by atoms with Crippen molar-refractivity contribution < 1.29 is 9.18 Å². The molecule has 1 saturated carbocycles. The molecule has 0 atom stereocenters. The largest absolute Gasteiger partial charge is 0.348 e. The number of benzene rings is 1. The van der Waals surface area contributed by atoms with E-state index in [1.807, 2.05) is 6.07 Å². The van der Waals surface area contributed by atoms with Gasteiger partial charge >= 0.3 is 0 Å². The van der Waals surface area contributed by atoms with Crippen molar-refractivity contribution in [2.45, 2.75) is 18.9 Å². The molecule has 0 unspecified atom stereocenters. The molecule has 2 aromatic rings. The van der Waals surface area contributed by atoms with Gasteiger partial charge in [-0.05, 0) is 31.0 Å². The SMILES string of the molecule is N#Cc1ccn(-c2ccccc2F)c1C(=O)NC1CC1. The Kier molecular flexibility index (Phi) is 2.99. The zero-order chi connectivity index (χ0) is 14.1. The van der Waals surface area contributed by atoms with Crippen LogP contribution in [0, 0.1) is 17.1 Å². The third-order valence-corrected chi connectivity index (χ3v) is 3.25.